The lowest BCUT2D eigenvalue weighted by Gasteiger charge is -2.22. The molecule has 0 spiro atoms. The number of benzene rings is 3. The summed E-state index contributed by atoms with van der Waals surface area (Å²) in [6, 6.07) is 25.3. The molecule has 2 aliphatic rings. The zero-order valence-electron chi connectivity index (χ0n) is 19.3. The Morgan fingerprint density at radius 2 is 1.62 bits per heavy atom. The molecule has 0 aliphatic carbocycles. The van der Waals surface area contributed by atoms with Crippen molar-refractivity contribution in [1.29, 1.82) is 0 Å². The Morgan fingerprint density at radius 3 is 2.35 bits per heavy atom. The molecule has 6 nitrogen and oxygen atoms in total. The van der Waals surface area contributed by atoms with E-state index < -0.39 is 0 Å². The molecule has 0 atom stereocenters. The first-order valence-electron chi connectivity index (χ1n) is 11.7. The van der Waals surface area contributed by atoms with Gasteiger partial charge >= 0.3 is 0 Å². The maximum absolute atomic E-state index is 12.9. The van der Waals surface area contributed by atoms with Crippen molar-refractivity contribution in [2.45, 2.75) is 12.8 Å². The molecule has 5 rings (SSSR count). The van der Waals surface area contributed by atoms with E-state index in [1.165, 1.54) is 12.8 Å². The molecule has 6 heteroatoms. The number of hydrogen-bond acceptors (Lipinski definition) is 4. The van der Waals surface area contributed by atoms with Crippen LogP contribution in [-0.4, -0.2) is 43.4 Å². The van der Waals surface area contributed by atoms with Gasteiger partial charge in [0.2, 0.25) is 5.91 Å². The Morgan fingerprint density at radius 1 is 0.941 bits per heavy atom. The van der Waals surface area contributed by atoms with Gasteiger partial charge in [0.05, 0.1) is 17.8 Å². The van der Waals surface area contributed by atoms with Gasteiger partial charge in [-0.15, -0.1) is 0 Å². The Kier molecular flexibility index (Phi) is 6.14. The second kappa shape index (κ2) is 9.53. The van der Waals surface area contributed by atoms with Crippen LogP contribution >= 0.6 is 0 Å². The third-order valence-electron chi connectivity index (χ3n) is 6.44. The predicted molar refractivity (Wildman–Crippen MR) is 137 cm³/mol. The smallest absolute Gasteiger partial charge is 0.258 e. The summed E-state index contributed by atoms with van der Waals surface area (Å²) in [5.74, 6) is -0.0367. The van der Waals surface area contributed by atoms with E-state index in [0.29, 0.717) is 12.1 Å². The summed E-state index contributed by atoms with van der Waals surface area (Å²) in [6.45, 7) is 2.45. The monoisotopic (exact) mass is 452 g/mol. The topological polar surface area (TPSA) is 64.7 Å². The van der Waals surface area contributed by atoms with E-state index in [1.54, 1.807) is 4.90 Å². The lowest BCUT2D eigenvalue weighted by molar-refractivity contribution is -0.119. The summed E-state index contributed by atoms with van der Waals surface area (Å²) in [6.07, 6.45) is 2.33. The van der Waals surface area contributed by atoms with E-state index in [4.69, 9.17) is 0 Å². The van der Waals surface area contributed by atoms with Gasteiger partial charge in [0.15, 0.2) is 0 Å². The second-order valence-corrected chi connectivity index (χ2v) is 8.72. The highest BCUT2D eigenvalue weighted by Crippen LogP contribution is 2.37. The lowest BCUT2D eigenvalue weighted by atomic mass is 10.00. The van der Waals surface area contributed by atoms with Crippen LogP contribution in [0.15, 0.2) is 78.9 Å². The fourth-order valence-corrected chi connectivity index (χ4v) is 4.54. The molecule has 3 aromatic carbocycles. The van der Waals surface area contributed by atoms with Crippen LogP contribution in [0.2, 0.25) is 0 Å². The minimum Gasteiger partial charge on any atom is -0.354 e. The SMILES string of the molecule is CN(C(=O)CN1CCCC1)c1ccc(N/C(=C2\C(=O)Nc3ccccc32)c2ccccc2)cc1. The number of nitrogens with one attached hydrogen (secondary N) is 2. The maximum Gasteiger partial charge on any atom is 0.258 e. The van der Waals surface area contributed by atoms with Gasteiger partial charge in [0.25, 0.3) is 5.91 Å². The normalized spacial score (nSPS) is 16.7. The van der Waals surface area contributed by atoms with Crippen molar-refractivity contribution in [3.63, 3.8) is 0 Å². The maximum atomic E-state index is 12.9. The van der Waals surface area contributed by atoms with Crippen molar-refractivity contribution in [3.8, 4) is 0 Å². The molecule has 0 bridgehead atoms. The zero-order valence-corrected chi connectivity index (χ0v) is 19.3. The van der Waals surface area contributed by atoms with Crippen LogP contribution in [0.3, 0.4) is 0 Å². The van der Waals surface area contributed by atoms with Crippen molar-refractivity contribution < 1.29 is 9.59 Å². The number of hydrogen-bond donors (Lipinski definition) is 2. The molecular weight excluding hydrogens is 424 g/mol. The average Bonchev–Trinajstić information content (AvgIpc) is 3.50. The lowest BCUT2D eigenvalue weighted by Crippen LogP contribution is -2.37. The number of rotatable bonds is 6. The molecule has 2 N–H and O–H groups in total. The quantitative estimate of drug-likeness (QED) is 0.533. The largest absolute Gasteiger partial charge is 0.354 e. The van der Waals surface area contributed by atoms with Gasteiger partial charge in [-0.05, 0) is 61.8 Å². The Labute approximate surface area is 199 Å². The van der Waals surface area contributed by atoms with Crippen LogP contribution in [0.1, 0.15) is 24.0 Å². The summed E-state index contributed by atoms with van der Waals surface area (Å²) in [7, 11) is 1.82. The second-order valence-electron chi connectivity index (χ2n) is 8.72. The number of anilines is 3. The summed E-state index contributed by atoms with van der Waals surface area (Å²) < 4.78 is 0. The molecule has 0 saturated carbocycles. The van der Waals surface area contributed by atoms with Gasteiger partial charge in [0, 0.05) is 29.7 Å². The van der Waals surface area contributed by atoms with Crippen LogP contribution in [-0.2, 0) is 9.59 Å². The third-order valence-corrected chi connectivity index (χ3v) is 6.44. The van der Waals surface area contributed by atoms with E-state index in [2.05, 4.69) is 15.5 Å². The fourth-order valence-electron chi connectivity index (χ4n) is 4.54. The highest BCUT2D eigenvalue weighted by Gasteiger charge is 2.28. The van der Waals surface area contributed by atoms with Crippen molar-refractivity contribution in [3.05, 3.63) is 90.0 Å². The standard InChI is InChI=1S/C28H28N4O2/c1-31(25(33)19-32-17-7-8-18-32)22-15-13-21(14-16-22)29-27(20-9-3-2-4-10-20)26-23-11-5-6-12-24(23)30-28(26)34/h2-6,9-16,29H,7-8,17-19H2,1H3,(H,30,34)/b27-26-. The minimum atomic E-state index is -0.128. The number of carbonyl (C=O) groups excluding carboxylic acids is 2. The molecule has 0 aromatic heterocycles. The number of likely N-dealkylation sites (tertiary alicyclic amines) is 1. The first-order chi connectivity index (χ1) is 16.6. The third kappa shape index (κ3) is 4.45. The van der Waals surface area contributed by atoms with E-state index in [9.17, 15) is 9.59 Å². The van der Waals surface area contributed by atoms with Crippen molar-refractivity contribution in [2.24, 2.45) is 0 Å². The molecule has 172 valence electrons. The molecule has 1 fully saturated rings. The summed E-state index contributed by atoms with van der Waals surface area (Å²) in [5, 5.41) is 6.43. The average molecular weight is 453 g/mol. The Hall–Kier alpha value is -3.90. The van der Waals surface area contributed by atoms with Crippen LogP contribution in [0.25, 0.3) is 11.3 Å². The predicted octanol–water partition coefficient (Wildman–Crippen LogP) is 4.68. The van der Waals surface area contributed by atoms with E-state index in [0.717, 1.165) is 47.0 Å². The zero-order chi connectivity index (χ0) is 23.5. The minimum absolute atomic E-state index is 0.0916. The summed E-state index contributed by atoms with van der Waals surface area (Å²) in [5.41, 5.74) is 5.65. The van der Waals surface area contributed by atoms with Gasteiger partial charge < -0.3 is 15.5 Å². The van der Waals surface area contributed by atoms with Crippen LogP contribution < -0.4 is 15.5 Å². The molecule has 2 heterocycles. The molecular formula is C28H28N4O2. The number of likely N-dealkylation sites (N-methyl/N-ethyl adjacent to an activating group) is 1. The Bertz CT molecular complexity index is 1230. The fraction of sp³-hybridized carbons (Fsp3) is 0.214. The number of para-hydroxylation sites is 1. The number of nitrogens with zero attached hydrogens (tertiary/aromatic N) is 2. The molecule has 2 amide bonds. The van der Waals surface area contributed by atoms with Gasteiger partial charge in [-0.2, -0.15) is 0 Å². The van der Waals surface area contributed by atoms with Gasteiger partial charge in [-0.3, -0.25) is 14.5 Å². The molecule has 34 heavy (non-hydrogen) atoms. The van der Waals surface area contributed by atoms with Crippen molar-refractivity contribution in [1.82, 2.24) is 4.90 Å². The van der Waals surface area contributed by atoms with Gasteiger partial charge in [-0.1, -0.05) is 48.5 Å². The molecule has 3 aromatic rings. The summed E-state index contributed by atoms with van der Waals surface area (Å²) >= 11 is 0. The first-order valence-corrected chi connectivity index (χ1v) is 11.7. The van der Waals surface area contributed by atoms with Crippen molar-refractivity contribution >= 4 is 40.1 Å². The van der Waals surface area contributed by atoms with Crippen molar-refractivity contribution in [2.75, 3.05) is 42.2 Å². The van der Waals surface area contributed by atoms with Crippen LogP contribution in [0.4, 0.5) is 17.1 Å². The molecule has 0 unspecified atom stereocenters. The van der Waals surface area contributed by atoms with Crippen LogP contribution in [0, 0.1) is 0 Å². The van der Waals surface area contributed by atoms with Gasteiger partial charge in [0.1, 0.15) is 0 Å². The highest BCUT2D eigenvalue weighted by molar-refractivity contribution is 6.37. The highest BCUT2D eigenvalue weighted by atomic mass is 16.2. The number of amides is 2. The van der Waals surface area contributed by atoms with Gasteiger partial charge in [-0.25, -0.2) is 0 Å². The number of carbonyl (C=O) groups is 2. The van der Waals surface area contributed by atoms with E-state index in [1.807, 2.05) is 85.9 Å². The van der Waals surface area contributed by atoms with Crippen LogP contribution in [0.5, 0.6) is 0 Å². The first kappa shape index (κ1) is 21.9. The van der Waals surface area contributed by atoms with E-state index in [-0.39, 0.29) is 11.8 Å². The molecule has 1 saturated heterocycles. The summed E-state index contributed by atoms with van der Waals surface area (Å²) in [4.78, 5) is 29.5. The molecule has 2 aliphatic heterocycles. The van der Waals surface area contributed by atoms with E-state index >= 15 is 0 Å². The molecule has 0 radical (unpaired) electrons. The number of fused-ring (bicyclic) bond motifs is 1. The Balaban J connectivity index is 1.42.